The zero-order valence-corrected chi connectivity index (χ0v) is 8.82. The summed E-state index contributed by atoms with van der Waals surface area (Å²) in [5.74, 6) is -0.264. The molecule has 0 spiro atoms. The van der Waals surface area contributed by atoms with Crippen LogP contribution in [-0.2, 0) is 0 Å². The SMILES string of the molecule is FC(F)c1nc2c(Cl)ncnc2n1C1CC1. The van der Waals surface area contributed by atoms with E-state index in [9.17, 15) is 8.78 Å². The third-order valence-electron chi connectivity index (χ3n) is 2.57. The highest BCUT2D eigenvalue weighted by atomic mass is 35.5. The molecule has 0 saturated heterocycles. The van der Waals surface area contributed by atoms with Crippen LogP contribution < -0.4 is 0 Å². The van der Waals surface area contributed by atoms with Crippen molar-refractivity contribution in [1.82, 2.24) is 19.5 Å². The Kier molecular flexibility index (Phi) is 2.07. The molecule has 0 bridgehead atoms. The van der Waals surface area contributed by atoms with Crippen LogP contribution in [0.2, 0.25) is 5.15 Å². The van der Waals surface area contributed by atoms with E-state index in [0.717, 1.165) is 12.8 Å². The monoisotopic (exact) mass is 244 g/mol. The van der Waals surface area contributed by atoms with Crippen LogP contribution in [0.3, 0.4) is 0 Å². The molecule has 1 aliphatic rings. The van der Waals surface area contributed by atoms with Gasteiger partial charge in [0.25, 0.3) is 6.43 Å². The third kappa shape index (κ3) is 1.36. The standard InChI is InChI=1S/C9H7ClF2N4/c10-6-5-8(14-3-13-6)16(4-1-2-4)9(15-5)7(11)12/h3-4,7H,1-2H2. The van der Waals surface area contributed by atoms with Crippen LogP contribution in [0.5, 0.6) is 0 Å². The summed E-state index contributed by atoms with van der Waals surface area (Å²) in [6.45, 7) is 0. The molecule has 2 heterocycles. The minimum Gasteiger partial charge on any atom is -0.305 e. The van der Waals surface area contributed by atoms with Crippen molar-refractivity contribution < 1.29 is 8.78 Å². The van der Waals surface area contributed by atoms with E-state index >= 15 is 0 Å². The quantitative estimate of drug-likeness (QED) is 0.763. The normalized spacial score (nSPS) is 16.2. The first-order valence-corrected chi connectivity index (χ1v) is 5.22. The predicted molar refractivity (Wildman–Crippen MR) is 53.6 cm³/mol. The Bertz CT molecular complexity index is 550. The van der Waals surface area contributed by atoms with Gasteiger partial charge in [-0.25, -0.2) is 23.7 Å². The van der Waals surface area contributed by atoms with Crippen molar-refractivity contribution in [2.45, 2.75) is 25.3 Å². The molecule has 0 aromatic carbocycles. The maximum atomic E-state index is 12.8. The summed E-state index contributed by atoms with van der Waals surface area (Å²) in [5, 5.41) is 0.117. The van der Waals surface area contributed by atoms with E-state index < -0.39 is 6.43 Å². The lowest BCUT2D eigenvalue weighted by atomic mass is 10.5. The number of halogens is 3. The summed E-state index contributed by atoms with van der Waals surface area (Å²) in [7, 11) is 0. The average molecular weight is 245 g/mol. The van der Waals surface area contributed by atoms with Gasteiger partial charge in [0.05, 0.1) is 0 Å². The minimum absolute atomic E-state index is 0.0833. The van der Waals surface area contributed by atoms with Crippen LogP contribution in [0.4, 0.5) is 8.78 Å². The summed E-state index contributed by atoms with van der Waals surface area (Å²) >= 11 is 5.80. The molecule has 7 heteroatoms. The predicted octanol–water partition coefficient (Wildman–Crippen LogP) is 2.75. The van der Waals surface area contributed by atoms with Crippen LogP contribution in [0.1, 0.15) is 31.1 Å². The second kappa shape index (κ2) is 3.35. The molecule has 3 rings (SSSR count). The molecule has 1 saturated carbocycles. The molecule has 0 unspecified atom stereocenters. The van der Waals surface area contributed by atoms with E-state index in [1.54, 1.807) is 0 Å². The van der Waals surface area contributed by atoms with Crippen molar-refractivity contribution in [3.63, 3.8) is 0 Å². The molecule has 2 aromatic heterocycles. The van der Waals surface area contributed by atoms with Gasteiger partial charge < -0.3 is 4.57 Å². The molecule has 84 valence electrons. The molecule has 0 atom stereocenters. The van der Waals surface area contributed by atoms with Crippen molar-refractivity contribution in [3.05, 3.63) is 17.3 Å². The Balaban J connectivity index is 2.32. The Labute approximate surface area is 94.3 Å². The fraction of sp³-hybridized carbons (Fsp3) is 0.444. The highest BCUT2D eigenvalue weighted by Gasteiger charge is 2.32. The zero-order chi connectivity index (χ0) is 11.3. The van der Waals surface area contributed by atoms with Crippen molar-refractivity contribution in [2.75, 3.05) is 0 Å². The van der Waals surface area contributed by atoms with Gasteiger partial charge in [-0.1, -0.05) is 11.6 Å². The Morgan fingerprint density at radius 3 is 2.75 bits per heavy atom. The molecular formula is C9H7ClF2N4. The van der Waals surface area contributed by atoms with E-state index in [1.165, 1.54) is 10.9 Å². The summed E-state index contributed by atoms with van der Waals surface area (Å²) in [4.78, 5) is 11.5. The molecule has 0 amide bonds. The lowest BCUT2D eigenvalue weighted by Crippen LogP contribution is -2.02. The molecular weight excluding hydrogens is 238 g/mol. The number of aromatic nitrogens is 4. The number of fused-ring (bicyclic) bond motifs is 1. The van der Waals surface area contributed by atoms with E-state index in [-0.39, 0.29) is 22.5 Å². The van der Waals surface area contributed by atoms with Gasteiger partial charge in [-0.05, 0) is 12.8 Å². The molecule has 1 fully saturated rings. The number of alkyl halides is 2. The summed E-state index contributed by atoms with van der Waals surface area (Å²) in [5.41, 5.74) is 0.657. The van der Waals surface area contributed by atoms with Crippen molar-refractivity contribution in [2.24, 2.45) is 0 Å². The molecule has 16 heavy (non-hydrogen) atoms. The third-order valence-corrected chi connectivity index (χ3v) is 2.84. The highest BCUT2D eigenvalue weighted by Crippen LogP contribution is 2.40. The molecule has 1 aliphatic carbocycles. The highest BCUT2D eigenvalue weighted by molar-refractivity contribution is 6.33. The number of imidazole rings is 1. The second-order valence-corrected chi connectivity index (χ2v) is 4.07. The first kappa shape index (κ1) is 9.89. The van der Waals surface area contributed by atoms with E-state index in [4.69, 9.17) is 11.6 Å². The maximum Gasteiger partial charge on any atom is 0.295 e. The van der Waals surface area contributed by atoms with Crippen LogP contribution in [-0.4, -0.2) is 19.5 Å². The van der Waals surface area contributed by atoms with Crippen molar-refractivity contribution in [1.29, 1.82) is 0 Å². The summed E-state index contributed by atoms with van der Waals surface area (Å²) < 4.78 is 27.1. The minimum atomic E-state index is -2.62. The van der Waals surface area contributed by atoms with Crippen LogP contribution in [0.15, 0.2) is 6.33 Å². The van der Waals surface area contributed by atoms with Gasteiger partial charge >= 0.3 is 0 Å². The number of nitrogens with zero attached hydrogens (tertiary/aromatic N) is 4. The molecule has 2 aromatic rings. The first-order valence-electron chi connectivity index (χ1n) is 4.85. The average Bonchev–Trinajstić information content (AvgIpc) is 2.99. The van der Waals surface area contributed by atoms with Gasteiger partial charge in [-0.15, -0.1) is 0 Å². The fourth-order valence-electron chi connectivity index (χ4n) is 1.74. The van der Waals surface area contributed by atoms with E-state index in [1.807, 2.05) is 0 Å². The maximum absolute atomic E-state index is 12.8. The lowest BCUT2D eigenvalue weighted by molar-refractivity contribution is 0.136. The van der Waals surface area contributed by atoms with Gasteiger partial charge in [0.2, 0.25) is 0 Å². The first-order chi connectivity index (χ1) is 7.68. The van der Waals surface area contributed by atoms with Gasteiger partial charge in [-0.2, -0.15) is 0 Å². The molecule has 4 nitrogen and oxygen atoms in total. The lowest BCUT2D eigenvalue weighted by Gasteiger charge is -2.04. The summed E-state index contributed by atoms with van der Waals surface area (Å²) in [6, 6.07) is 0.0833. The largest absolute Gasteiger partial charge is 0.305 e. The Morgan fingerprint density at radius 2 is 2.12 bits per heavy atom. The van der Waals surface area contributed by atoms with Gasteiger partial charge in [0.15, 0.2) is 16.6 Å². The van der Waals surface area contributed by atoms with E-state index in [2.05, 4.69) is 15.0 Å². The number of hydrogen-bond acceptors (Lipinski definition) is 3. The number of hydrogen-bond donors (Lipinski definition) is 0. The zero-order valence-electron chi connectivity index (χ0n) is 8.07. The number of rotatable bonds is 2. The van der Waals surface area contributed by atoms with Crippen LogP contribution >= 0.6 is 11.6 Å². The van der Waals surface area contributed by atoms with Crippen LogP contribution in [0, 0.1) is 0 Å². The van der Waals surface area contributed by atoms with Crippen molar-refractivity contribution >= 4 is 22.8 Å². The Morgan fingerprint density at radius 1 is 1.38 bits per heavy atom. The Hall–Kier alpha value is -1.30. The summed E-state index contributed by atoms with van der Waals surface area (Å²) in [6.07, 6.45) is 0.408. The van der Waals surface area contributed by atoms with Gasteiger partial charge in [-0.3, -0.25) is 0 Å². The van der Waals surface area contributed by atoms with Gasteiger partial charge in [0.1, 0.15) is 11.8 Å². The topological polar surface area (TPSA) is 43.6 Å². The fourth-order valence-corrected chi connectivity index (χ4v) is 1.92. The molecule has 0 N–H and O–H groups in total. The smallest absolute Gasteiger partial charge is 0.295 e. The van der Waals surface area contributed by atoms with E-state index in [0.29, 0.717) is 5.65 Å². The second-order valence-electron chi connectivity index (χ2n) is 3.71. The van der Waals surface area contributed by atoms with Crippen molar-refractivity contribution in [3.8, 4) is 0 Å². The van der Waals surface area contributed by atoms with Gasteiger partial charge in [0, 0.05) is 6.04 Å². The molecule has 0 radical (unpaired) electrons. The van der Waals surface area contributed by atoms with Crippen LogP contribution in [0.25, 0.3) is 11.2 Å². The molecule has 0 aliphatic heterocycles.